The number of methoxy groups -OCH3 is 1. The molecule has 1 aromatic heterocycles. The van der Waals surface area contributed by atoms with Gasteiger partial charge in [-0.3, -0.25) is 9.59 Å². The Morgan fingerprint density at radius 1 is 1.05 bits per heavy atom. The number of rotatable bonds is 2. The molecule has 2 fully saturated rings. The minimum absolute atomic E-state index is 0.139. The summed E-state index contributed by atoms with van der Waals surface area (Å²) < 4.78 is 11.0. The zero-order chi connectivity index (χ0) is 28.2. The summed E-state index contributed by atoms with van der Waals surface area (Å²) in [6.45, 7) is 16.6. The first-order chi connectivity index (χ1) is 18.1. The third kappa shape index (κ3) is 3.53. The summed E-state index contributed by atoms with van der Waals surface area (Å²) in [6, 6.07) is 0. The van der Waals surface area contributed by atoms with Crippen molar-refractivity contribution in [2.75, 3.05) is 7.11 Å². The topological polar surface area (TPSA) is 69.4 Å². The molecule has 5 aliphatic rings. The number of hydrogen-bond donors (Lipinski definition) is 0. The van der Waals surface area contributed by atoms with Crippen LogP contribution in [0.5, 0.6) is 0 Å². The highest BCUT2D eigenvalue weighted by atomic mass is 16.5. The van der Waals surface area contributed by atoms with Crippen molar-refractivity contribution >= 4 is 11.8 Å². The summed E-state index contributed by atoms with van der Waals surface area (Å²) in [5, 5.41) is 4.21. The van der Waals surface area contributed by atoms with Gasteiger partial charge in [-0.05, 0) is 84.0 Å². The first-order valence-electron chi connectivity index (χ1n) is 15.1. The highest BCUT2D eigenvalue weighted by Crippen LogP contribution is 2.73. The van der Waals surface area contributed by atoms with Gasteiger partial charge in [0.15, 0.2) is 5.78 Å². The average molecular weight is 534 g/mol. The first kappa shape index (κ1) is 27.0. The number of nitrogens with zero attached hydrogens (tertiary/aromatic N) is 1. The van der Waals surface area contributed by atoms with Gasteiger partial charge < -0.3 is 9.26 Å². The molecule has 0 amide bonds. The van der Waals surface area contributed by atoms with E-state index in [1.807, 2.05) is 6.20 Å². The fourth-order valence-corrected chi connectivity index (χ4v) is 10.7. The molecule has 0 N–H and O–H groups in total. The maximum absolute atomic E-state index is 14.0. The predicted molar refractivity (Wildman–Crippen MR) is 151 cm³/mol. The molecule has 4 unspecified atom stereocenters. The molecule has 0 radical (unpaired) electrons. The van der Waals surface area contributed by atoms with Crippen molar-refractivity contribution in [2.24, 2.45) is 44.8 Å². The highest BCUT2D eigenvalue weighted by molar-refractivity contribution is 5.92. The van der Waals surface area contributed by atoms with Crippen molar-refractivity contribution in [1.82, 2.24) is 5.16 Å². The van der Waals surface area contributed by atoms with Crippen LogP contribution in [0.2, 0.25) is 0 Å². The van der Waals surface area contributed by atoms with E-state index in [1.165, 1.54) is 18.2 Å². The van der Waals surface area contributed by atoms with Gasteiger partial charge in [-0.2, -0.15) is 0 Å². The highest BCUT2D eigenvalue weighted by Gasteiger charge is 2.67. The van der Waals surface area contributed by atoms with Crippen molar-refractivity contribution in [1.29, 1.82) is 0 Å². The second-order valence-electron chi connectivity index (χ2n) is 15.8. The molecule has 5 aliphatic carbocycles. The van der Waals surface area contributed by atoms with Crippen LogP contribution >= 0.6 is 0 Å². The van der Waals surface area contributed by atoms with E-state index in [-0.39, 0.29) is 56.1 Å². The molecule has 0 aliphatic heterocycles. The van der Waals surface area contributed by atoms with E-state index in [1.54, 1.807) is 0 Å². The monoisotopic (exact) mass is 533 g/mol. The number of fused-ring (bicyclic) bond motifs is 8. The smallest absolute Gasteiger partial charge is 0.306 e. The van der Waals surface area contributed by atoms with Gasteiger partial charge in [0.25, 0.3) is 0 Å². The normalized spacial score (nSPS) is 43.5. The van der Waals surface area contributed by atoms with Crippen molar-refractivity contribution in [2.45, 2.75) is 105 Å². The van der Waals surface area contributed by atoms with E-state index in [0.29, 0.717) is 18.8 Å². The lowest BCUT2D eigenvalue weighted by Crippen LogP contribution is -2.60. The number of aromatic nitrogens is 1. The lowest BCUT2D eigenvalue weighted by molar-refractivity contribution is -0.148. The van der Waals surface area contributed by atoms with Gasteiger partial charge in [0.05, 0.1) is 19.7 Å². The van der Waals surface area contributed by atoms with Gasteiger partial charge in [0.2, 0.25) is 0 Å². The van der Waals surface area contributed by atoms with Crippen LogP contribution in [0.25, 0.3) is 0 Å². The van der Waals surface area contributed by atoms with Crippen molar-refractivity contribution in [3.63, 3.8) is 0 Å². The van der Waals surface area contributed by atoms with E-state index in [4.69, 9.17) is 9.26 Å². The number of ether oxygens (including phenoxy) is 1. The van der Waals surface area contributed by atoms with Gasteiger partial charge in [0.1, 0.15) is 5.76 Å². The Labute approximate surface area is 234 Å². The summed E-state index contributed by atoms with van der Waals surface area (Å²) in [6.07, 6.45) is 15.9. The molecule has 2 saturated carbocycles. The molecule has 0 saturated heterocycles. The molecule has 212 valence electrons. The van der Waals surface area contributed by atoms with Gasteiger partial charge in [-0.25, -0.2) is 0 Å². The van der Waals surface area contributed by atoms with Crippen LogP contribution in [0, 0.1) is 44.8 Å². The van der Waals surface area contributed by atoms with Gasteiger partial charge in [-0.15, -0.1) is 0 Å². The largest absolute Gasteiger partial charge is 0.469 e. The molecule has 5 nitrogen and oxygen atoms in total. The number of ketones is 1. The zero-order valence-electron chi connectivity index (χ0n) is 25.3. The van der Waals surface area contributed by atoms with Crippen molar-refractivity contribution in [3.8, 4) is 0 Å². The molecule has 6 rings (SSSR count). The van der Waals surface area contributed by atoms with Crippen molar-refractivity contribution in [3.05, 3.63) is 41.3 Å². The van der Waals surface area contributed by atoms with E-state index in [9.17, 15) is 9.59 Å². The molecule has 0 aromatic carbocycles. The number of carbonyl (C=O) groups excluding carboxylic acids is 2. The number of esters is 1. The summed E-state index contributed by atoms with van der Waals surface area (Å²) in [5.74, 6) is 1.96. The number of allylic oxidation sites excluding steroid dienone is 4. The predicted octanol–water partition coefficient (Wildman–Crippen LogP) is 7.40. The maximum Gasteiger partial charge on any atom is 0.306 e. The zero-order valence-corrected chi connectivity index (χ0v) is 25.3. The molecular formula is C34H47NO4. The van der Waals surface area contributed by atoms with Crippen LogP contribution in [0.3, 0.4) is 0 Å². The Hall–Kier alpha value is -2.17. The second kappa shape index (κ2) is 8.19. The molecule has 7 atom stereocenters. The Bertz CT molecular complexity index is 1280. The molecule has 1 heterocycles. The summed E-state index contributed by atoms with van der Waals surface area (Å²) >= 11 is 0. The van der Waals surface area contributed by atoms with Crippen LogP contribution in [-0.2, 0) is 26.2 Å². The molecule has 1 aromatic rings. The third-order valence-electron chi connectivity index (χ3n) is 13.0. The Morgan fingerprint density at radius 2 is 1.79 bits per heavy atom. The van der Waals surface area contributed by atoms with Gasteiger partial charge in [-0.1, -0.05) is 71.3 Å². The van der Waals surface area contributed by atoms with Crippen LogP contribution in [0.4, 0.5) is 0 Å². The SMILES string of the molecule is COC(=O)CC12C=C[C@]3(C)C(CC(=O)C=C4[C@@]5(C)Cc6cnoc6C(C)(C)C5CC[C@]43C)C1CC(C)(C)CC2. The molecule has 0 spiro atoms. The fourth-order valence-electron chi connectivity index (χ4n) is 10.7. The summed E-state index contributed by atoms with van der Waals surface area (Å²) in [4.78, 5) is 26.8. The number of hydrogen-bond acceptors (Lipinski definition) is 5. The lowest BCUT2D eigenvalue weighted by atomic mass is 9.38. The van der Waals surface area contributed by atoms with Crippen LogP contribution in [-0.4, -0.2) is 24.0 Å². The van der Waals surface area contributed by atoms with E-state index in [0.717, 1.165) is 44.3 Å². The van der Waals surface area contributed by atoms with Gasteiger partial charge in [0, 0.05) is 22.8 Å². The van der Waals surface area contributed by atoms with E-state index < -0.39 is 0 Å². The van der Waals surface area contributed by atoms with E-state index in [2.05, 4.69) is 71.9 Å². The molecule has 39 heavy (non-hydrogen) atoms. The molecular weight excluding hydrogens is 486 g/mol. The quantitative estimate of drug-likeness (QED) is 0.293. The number of carbonyl (C=O) groups is 2. The summed E-state index contributed by atoms with van der Waals surface area (Å²) in [5.41, 5.74) is 1.83. The Kier molecular flexibility index (Phi) is 5.68. The van der Waals surface area contributed by atoms with Gasteiger partial charge >= 0.3 is 5.97 Å². The standard InChI is InChI=1S/C34H47NO4/c1-29(2)11-13-34(19-27(37)38-8)14-12-32(6)23(24(34)18-29)15-22(36)16-26-31(5)17-21-20-35-39-28(21)30(3,4)25(31)9-10-33(26,32)7/h12,14,16,20,23-25H,9-11,13,15,17-19H2,1-8H3/t23?,24?,25?,31-,32+,33+,34?/m0/s1. The minimum atomic E-state index is -0.237. The molecule has 5 heteroatoms. The van der Waals surface area contributed by atoms with Crippen LogP contribution in [0.1, 0.15) is 105 Å². The van der Waals surface area contributed by atoms with Crippen LogP contribution in [0.15, 0.2) is 34.5 Å². The summed E-state index contributed by atoms with van der Waals surface area (Å²) in [7, 11) is 1.50. The van der Waals surface area contributed by atoms with Crippen molar-refractivity contribution < 1.29 is 18.8 Å². The fraction of sp³-hybridized carbons (Fsp3) is 0.735. The molecule has 0 bridgehead atoms. The minimum Gasteiger partial charge on any atom is -0.469 e. The third-order valence-corrected chi connectivity index (χ3v) is 13.0. The van der Waals surface area contributed by atoms with Crippen LogP contribution < -0.4 is 0 Å². The maximum atomic E-state index is 14.0. The average Bonchev–Trinajstić information content (AvgIpc) is 3.30. The lowest BCUT2D eigenvalue weighted by Gasteiger charge is -2.66. The van der Waals surface area contributed by atoms with E-state index >= 15 is 0 Å². The Balaban J connectivity index is 1.51. The first-order valence-corrected chi connectivity index (χ1v) is 15.1. The second-order valence-corrected chi connectivity index (χ2v) is 15.8. The Morgan fingerprint density at radius 3 is 2.51 bits per heavy atom.